The molecule has 1 heterocycles. The Morgan fingerprint density at radius 2 is 1.00 bits per heavy atom. The maximum atomic E-state index is 13.9. The third-order valence-electron chi connectivity index (χ3n) is 9.41. The number of methoxy groups -OCH3 is 1. The predicted molar refractivity (Wildman–Crippen MR) is 230 cm³/mol. The van der Waals surface area contributed by atoms with Crippen LogP contribution in [0.5, 0.6) is 17.2 Å². The number of anilines is 3. The normalized spacial score (nSPS) is 10.7. The molecule has 0 fully saturated rings. The summed E-state index contributed by atoms with van der Waals surface area (Å²) in [7, 11) is 1.24. The number of hydrogen-bond acceptors (Lipinski definition) is 9. The van der Waals surface area contributed by atoms with Crippen LogP contribution < -0.4 is 30.2 Å². The fraction of sp³-hybridized carbons (Fsp3) is 0.104. The molecule has 0 saturated carbocycles. The number of aromatic nitrogens is 2. The van der Waals surface area contributed by atoms with E-state index in [2.05, 4.69) is 25.9 Å². The Morgan fingerprint density at radius 1 is 0.556 bits per heavy atom. The van der Waals surface area contributed by atoms with E-state index < -0.39 is 29.4 Å². The van der Waals surface area contributed by atoms with Crippen molar-refractivity contribution in [3.8, 4) is 17.2 Å². The highest BCUT2D eigenvalue weighted by atomic mass is 19.1. The summed E-state index contributed by atoms with van der Waals surface area (Å²) in [5.74, 6) is -2.48. The van der Waals surface area contributed by atoms with Crippen molar-refractivity contribution in [3.05, 3.63) is 197 Å². The van der Waals surface area contributed by atoms with Gasteiger partial charge in [0.05, 0.1) is 48.2 Å². The number of carbonyl (C=O) groups is 4. The Balaban J connectivity index is 1.14. The third-order valence-corrected chi connectivity index (χ3v) is 9.41. The molecule has 6 aromatic carbocycles. The van der Waals surface area contributed by atoms with Gasteiger partial charge in [0.2, 0.25) is 5.91 Å². The lowest BCUT2D eigenvalue weighted by molar-refractivity contribution is -0.115. The summed E-state index contributed by atoms with van der Waals surface area (Å²) < 4.78 is 50.3. The number of nitrogens with one attached hydrogen (secondary N) is 4. The van der Waals surface area contributed by atoms with Crippen LogP contribution in [0.15, 0.2) is 146 Å². The molecule has 0 aliphatic carbocycles. The Kier molecular flexibility index (Phi) is 13.8. The van der Waals surface area contributed by atoms with Crippen molar-refractivity contribution in [3.63, 3.8) is 0 Å². The predicted octanol–water partition coefficient (Wildman–Crippen LogP) is 8.90. The first-order valence-electron chi connectivity index (χ1n) is 19.4. The second-order valence-corrected chi connectivity index (χ2v) is 13.9. The number of H-pyrrole nitrogens is 1. The summed E-state index contributed by atoms with van der Waals surface area (Å²) in [6.07, 6.45) is 3.10. The van der Waals surface area contributed by atoms with Crippen molar-refractivity contribution >= 4 is 40.8 Å². The van der Waals surface area contributed by atoms with Crippen LogP contribution in [0.2, 0.25) is 0 Å². The number of benzene rings is 6. The minimum Gasteiger partial charge on any atom is -0.487 e. The zero-order valence-electron chi connectivity index (χ0n) is 33.7. The summed E-state index contributed by atoms with van der Waals surface area (Å²) in [5.41, 5.74) is 3.88. The van der Waals surface area contributed by atoms with Crippen LogP contribution in [-0.2, 0) is 35.8 Å². The first-order chi connectivity index (χ1) is 30.6. The van der Waals surface area contributed by atoms with Crippen LogP contribution in [-0.4, -0.2) is 40.8 Å². The molecule has 0 spiro atoms. The second kappa shape index (κ2) is 20.3. The van der Waals surface area contributed by atoms with Crippen LogP contribution in [0.3, 0.4) is 0 Å². The van der Waals surface area contributed by atoms with Crippen LogP contribution >= 0.6 is 0 Å². The largest absolute Gasteiger partial charge is 0.487 e. The van der Waals surface area contributed by atoms with Crippen molar-refractivity contribution in [1.82, 2.24) is 9.97 Å². The van der Waals surface area contributed by atoms with Gasteiger partial charge in [0, 0.05) is 17.3 Å². The SMILES string of the molecule is COC(=O)c1ccc(NC(=O)c2ccc(NC(=O)c3ccc(NC(=O)Cc4c[nH]cn4)c(OCc4ccccc4)c3)c(OCc3ccc(F)cc3)c2)c(OCc2ccc(F)cc2)c1. The van der Waals surface area contributed by atoms with Crippen LogP contribution in [0.1, 0.15) is 53.5 Å². The Bertz CT molecular complexity index is 2710. The summed E-state index contributed by atoms with van der Waals surface area (Å²) in [5, 5.41) is 8.49. The van der Waals surface area contributed by atoms with E-state index in [1.54, 1.807) is 36.5 Å². The molecule has 0 atom stereocenters. The van der Waals surface area contributed by atoms with E-state index in [0.29, 0.717) is 22.5 Å². The number of carbonyl (C=O) groups excluding carboxylic acids is 4. The molecule has 1 aromatic heterocycles. The molecular weight excluding hydrogens is 813 g/mol. The lowest BCUT2D eigenvalue weighted by atomic mass is 10.1. The molecule has 63 heavy (non-hydrogen) atoms. The number of hydrogen-bond donors (Lipinski definition) is 4. The Labute approximate surface area is 360 Å². The number of ether oxygens (including phenoxy) is 4. The number of esters is 1. The Morgan fingerprint density at radius 3 is 1.46 bits per heavy atom. The summed E-state index contributed by atoms with van der Waals surface area (Å²) in [6.45, 7) is 0.0957. The zero-order valence-corrected chi connectivity index (χ0v) is 33.7. The highest BCUT2D eigenvalue weighted by Crippen LogP contribution is 2.32. The number of aromatic amines is 1. The lowest BCUT2D eigenvalue weighted by Crippen LogP contribution is -2.17. The summed E-state index contributed by atoms with van der Waals surface area (Å²) in [4.78, 5) is 60.0. The van der Waals surface area contributed by atoms with Crippen LogP contribution in [0.25, 0.3) is 0 Å². The summed E-state index contributed by atoms with van der Waals surface area (Å²) >= 11 is 0. The van der Waals surface area contributed by atoms with Crippen molar-refractivity contribution < 1.29 is 46.9 Å². The van der Waals surface area contributed by atoms with Crippen molar-refractivity contribution in [2.45, 2.75) is 26.2 Å². The van der Waals surface area contributed by atoms with Crippen LogP contribution in [0, 0.1) is 11.6 Å². The van der Waals surface area contributed by atoms with Gasteiger partial charge in [0.15, 0.2) is 0 Å². The topological polar surface area (TPSA) is 170 Å². The molecule has 3 amide bonds. The average Bonchev–Trinajstić information content (AvgIpc) is 3.82. The molecule has 0 saturated heterocycles. The lowest BCUT2D eigenvalue weighted by Gasteiger charge is -2.17. The fourth-order valence-electron chi connectivity index (χ4n) is 6.12. The number of rotatable bonds is 17. The maximum Gasteiger partial charge on any atom is 0.337 e. The van der Waals surface area contributed by atoms with E-state index in [0.717, 1.165) is 5.56 Å². The molecule has 0 unspecified atom stereocenters. The molecule has 4 N–H and O–H groups in total. The van der Waals surface area contributed by atoms with E-state index in [1.165, 1.54) is 86.2 Å². The van der Waals surface area contributed by atoms with Gasteiger partial charge in [-0.05, 0) is 95.6 Å². The van der Waals surface area contributed by atoms with E-state index in [4.69, 9.17) is 18.9 Å². The van der Waals surface area contributed by atoms with E-state index >= 15 is 0 Å². The number of amides is 3. The highest BCUT2D eigenvalue weighted by molar-refractivity contribution is 6.08. The van der Waals surface area contributed by atoms with Gasteiger partial charge in [-0.3, -0.25) is 14.4 Å². The van der Waals surface area contributed by atoms with E-state index in [-0.39, 0.29) is 77.5 Å². The summed E-state index contributed by atoms with van der Waals surface area (Å²) in [6, 6.07) is 34.1. The van der Waals surface area contributed by atoms with Crippen molar-refractivity contribution in [2.75, 3.05) is 23.1 Å². The number of halogens is 2. The molecule has 7 aromatic rings. The number of imidazole rings is 1. The minimum absolute atomic E-state index is 0.00651. The second-order valence-electron chi connectivity index (χ2n) is 13.9. The smallest absolute Gasteiger partial charge is 0.337 e. The van der Waals surface area contributed by atoms with Gasteiger partial charge >= 0.3 is 5.97 Å². The van der Waals surface area contributed by atoms with Crippen LogP contribution in [0.4, 0.5) is 25.8 Å². The standard InChI is InChI=1S/C48H39F2N5O8/c1-60-48(59)35-13-20-41(44(23-35)63-28-32-9-16-37(50)17-10-32)55-47(58)34-12-19-40(43(22-34)62-27-31-7-14-36(49)15-8-31)54-46(57)33-11-18-39(53-45(56)24-38-25-51-29-52-38)42(21-33)61-26-30-5-3-2-4-6-30/h2-23,25,29H,24,26-28H2,1H3,(H,51,52)(H,53,56)(H,54,57)(H,55,58). The zero-order chi connectivity index (χ0) is 44.1. The van der Waals surface area contributed by atoms with Gasteiger partial charge in [-0.25, -0.2) is 18.6 Å². The maximum absolute atomic E-state index is 13.9. The third kappa shape index (κ3) is 11.7. The van der Waals surface area contributed by atoms with E-state index in [1.807, 2.05) is 30.3 Å². The first kappa shape index (κ1) is 42.8. The quantitative estimate of drug-likeness (QED) is 0.0654. The van der Waals surface area contributed by atoms with Crippen molar-refractivity contribution in [2.24, 2.45) is 0 Å². The van der Waals surface area contributed by atoms with Gasteiger partial charge in [-0.2, -0.15) is 0 Å². The van der Waals surface area contributed by atoms with Gasteiger partial charge in [-0.15, -0.1) is 0 Å². The van der Waals surface area contributed by atoms with Gasteiger partial charge in [-0.1, -0.05) is 54.6 Å². The first-order valence-corrected chi connectivity index (χ1v) is 19.4. The molecule has 13 nitrogen and oxygen atoms in total. The Hall–Kier alpha value is -8.33. The van der Waals surface area contributed by atoms with Crippen molar-refractivity contribution in [1.29, 1.82) is 0 Å². The van der Waals surface area contributed by atoms with E-state index in [9.17, 15) is 28.0 Å². The fourth-order valence-corrected chi connectivity index (χ4v) is 6.12. The molecule has 0 bridgehead atoms. The molecule has 7 rings (SSSR count). The molecule has 15 heteroatoms. The molecule has 0 aliphatic heterocycles. The molecule has 318 valence electrons. The highest BCUT2D eigenvalue weighted by Gasteiger charge is 2.20. The average molecular weight is 852 g/mol. The monoisotopic (exact) mass is 851 g/mol. The van der Waals surface area contributed by atoms with Gasteiger partial charge in [0.1, 0.15) is 48.7 Å². The molecular formula is C48H39F2N5O8. The molecule has 0 aliphatic rings. The number of nitrogens with zero attached hydrogens (tertiary/aromatic N) is 1. The minimum atomic E-state index is -0.625. The molecule has 0 radical (unpaired) electrons. The van der Waals surface area contributed by atoms with Gasteiger partial charge in [0.25, 0.3) is 11.8 Å². The van der Waals surface area contributed by atoms with Gasteiger partial charge < -0.3 is 39.9 Å².